The minimum Gasteiger partial charge on any atom is -0.480 e. The van der Waals surface area contributed by atoms with Gasteiger partial charge in [-0.25, -0.2) is 9.59 Å². The van der Waals surface area contributed by atoms with Crippen molar-refractivity contribution in [1.29, 1.82) is 0 Å². The second-order valence-corrected chi connectivity index (χ2v) is 5.17. The van der Waals surface area contributed by atoms with Crippen LogP contribution in [0.2, 0.25) is 0 Å². The third-order valence-electron chi connectivity index (χ3n) is 3.67. The number of carbonyl (C=O) groups is 4. The molecule has 2 aliphatic rings. The number of carboxylic acid groups (broad SMARTS) is 1. The summed E-state index contributed by atoms with van der Waals surface area (Å²) in [6, 6.07) is -0.563. The van der Waals surface area contributed by atoms with Gasteiger partial charge >= 0.3 is 12.0 Å². The predicted molar refractivity (Wildman–Crippen MR) is 68.3 cm³/mol. The Hall–Kier alpha value is -2.16. The van der Waals surface area contributed by atoms with Crippen molar-refractivity contribution < 1.29 is 29.0 Å². The van der Waals surface area contributed by atoms with E-state index in [0.717, 1.165) is 4.90 Å². The van der Waals surface area contributed by atoms with Gasteiger partial charge in [-0.15, -0.1) is 0 Å². The molecule has 2 N–H and O–H groups in total. The number of aliphatic carboxylic acids is 1. The summed E-state index contributed by atoms with van der Waals surface area (Å²) in [5.74, 6) is -2.29. The maximum absolute atomic E-state index is 12.0. The van der Waals surface area contributed by atoms with Crippen molar-refractivity contribution in [1.82, 2.24) is 15.1 Å². The number of nitrogens with one attached hydrogen (secondary N) is 1. The lowest BCUT2D eigenvalue weighted by atomic mass is 9.90. The summed E-state index contributed by atoms with van der Waals surface area (Å²) in [5.41, 5.74) is -1.40. The maximum atomic E-state index is 12.0. The number of carbonyl (C=O) groups excluding carboxylic acids is 3. The van der Waals surface area contributed by atoms with Crippen LogP contribution in [-0.4, -0.2) is 77.6 Å². The number of hydrogen-bond acceptors (Lipinski definition) is 5. The van der Waals surface area contributed by atoms with E-state index in [-0.39, 0.29) is 32.6 Å². The number of urea groups is 1. The molecule has 21 heavy (non-hydrogen) atoms. The van der Waals surface area contributed by atoms with Crippen molar-refractivity contribution in [2.75, 3.05) is 33.4 Å². The fraction of sp³-hybridized carbons (Fsp3) is 0.667. The molecule has 2 aliphatic heterocycles. The SMILES string of the molecule is CN1CC(=O)N(CC(=O)NC2(C(=O)O)CCOCC2)C1=O. The van der Waals surface area contributed by atoms with Gasteiger partial charge in [0.2, 0.25) is 5.91 Å². The Morgan fingerprint density at radius 2 is 1.95 bits per heavy atom. The van der Waals surface area contributed by atoms with Gasteiger partial charge in [0.25, 0.3) is 5.91 Å². The Labute approximate surface area is 120 Å². The Kier molecular flexibility index (Phi) is 4.12. The lowest BCUT2D eigenvalue weighted by Gasteiger charge is -2.34. The van der Waals surface area contributed by atoms with E-state index >= 15 is 0 Å². The molecule has 0 aromatic rings. The first kappa shape index (κ1) is 15.2. The van der Waals surface area contributed by atoms with Crippen molar-refractivity contribution >= 4 is 23.8 Å². The molecule has 0 aromatic carbocycles. The first-order chi connectivity index (χ1) is 9.85. The topological polar surface area (TPSA) is 116 Å². The van der Waals surface area contributed by atoms with Crippen LogP contribution >= 0.6 is 0 Å². The molecule has 0 radical (unpaired) electrons. The summed E-state index contributed by atoms with van der Waals surface area (Å²) in [4.78, 5) is 48.7. The fourth-order valence-corrected chi connectivity index (χ4v) is 2.39. The van der Waals surface area contributed by atoms with E-state index in [1.165, 1.54) is 11.9 Å². The zero-order chi connectivity index (χ0) is 15.6. The molecule has 0 aliphatic carbocycles. The van der Waals surface area contributed by atoms with Gasteiger partial charge in [0.15, 0.2) is 0 Å². The van der Waals surface area contributed by atoms with E-state index in [4.69, 9.17) is 4.74 Å². The van der Waals surface area contributed by atoms with Crippen molar-refractivity contribution in [3.05, 3.63) is 0 Å². The monoisotopic (exact) mass is 299 g/mol. The molecule has 2 heterocycles. The van der Waals surface area contributed by atoms with E-state index in [1.54, 1.807) is 0 Å². The summed E-state index contributed by atoms with van der Waals surface area (Å²) in [6.45, 7) is -0.0876. The van der Waals surface area contributed by atoms with E-state index < -0.39 is 35.9 Å². The van der Waals surface area contributed by atoms with Crippen LogP contribution < -0.4 is 5.32 Å². The molecule has 0 bridgehead atoms. The minimum atomic E-state index is -1.40. The van der Waals surface area contributed by atoms with Crippen LogP contribution in [0.1, 0.15) is 12.8 Å². The zero-order valence-corrected chi connectivity index (χ0v) is 11.6. The molecule has 0 unspecified atom stereocenters. The molecule has 9 nitrogen and oxygen atoms in total. The first-order valence-electron chi connectivity index (χ1n) is 6.53. The van der Waals surface area contributed by atoms with Gasteiger partial charge < -0.3 is 20.1 Å². The molecule has 0 atom stereocenters. The Bertz CT molecular complexity index is 485. The van der Waals surface area contributed by atoms with Gasteiger partial charge in [0, 0.05) is 33.1 Å². The number of imide groups is 1. The molecule has 0 saturated carbocycles. The summed E-state index contributed by atoms with van der Waals surface area (Å²) in [7, 11) is 1.45. The number of hydrogen-bond donors (Lipinski definition) is 2. The predicted octanol–water partition coefficient (Wildman–Crippen LogP) is -1.37. The standard InChI is InChI=1S/C12H17N3O6/c1-14-7-9(17)15(11(14)20)6-8(16)13-12(10(18)19)2-4-21-5-3-12/h2-7H2,1H3,(H,13,16)(H,18,19). The van der Waals surface area contributed by atoms with E-state index in [1.807, 2.05) is 0 Å². The molecular formula is C12H17N3O6. The number of likely N-dealkylation sites (N-methyl/N-ethyl adjacent to an activating group) is 1. The highest BCUT2D eigenvalue weighted by atomic mass is 16.5. The van der Waals surface area contributed by atoms with E-state index in [9.17, 15) is 24.3 Å². The normalized spacial score (nSPS) is 21.6. The van der Waals surface area contributed by atoms with Gasteiger partial charge in [-0.2, -0.15) is 0 Å². The summed E-state index contributed by atoms with van der Waals surface area (Å²) in [6.07, 6.45) is 0.297. The average Bonchev–Trinajstić information content (AvgIpc) is 2.66. The van der Waals surface area contributed by atoms with Crippen molar-refractivity contribution in [2.45, 2.75) is 18.4 Å². The van der Waals surface area contributed by atoms with Crippen LogP contribution in [0.5, 0.6) is 0 Å². The quantitative estimate of drug-likeness (QED) is 0.619. The molecule has 9 heteroatoms. The largest absolute Gasteiger partial charge is 0.480 e. The van der Waals surface area contributed by atoms with E-state index in [2.05, 4.69) is 5.32 Å². The van der Waals surface area contributed by atoms with Crippen LogP contribution in [0, 0.1) is 0 Å². The summed E-state index contributed by atoms with van der Waals surface area (Å²) < 4.78 is 5.10. The third kappa shape index (κ3) is 2.97. The lowest BCUT2D eigenvalue weighted by Crippen LogP contribution is -2.59. The van der Waals surface area contributed by atoms with Crippen LogP contribution in [0.4, 0.5) is 4.79 Å². The smallest absolute Gasteiger partial charge is 0.329 e. The Morgan fingerprint density at radius 1 is 1.33 bits per heavy atom. The van der Waals surface area contributed by atoms with Crippen LogP contribution in [0.3, 0.4) is 0 Å². The molecule has 2 fully saturated rings. The minimum absolute atomic E-state index is 0.0793. The second-order valence-electron chi connectivity index (χ2n) is 5.17. The van der Waals surface area contributed by atoms with Gasteiger partial charge in [0.1, 0.15) is 18.6 Å². The third-order valence-corrected chi connectivity index (χ3v) is 3.67. The van der Waals surface area contributed by atoms with Crippen molar-refractivity contribution in [3.63, 3.8) is 0 Å². The number of amides is 4. The first-order valence-corrected chi connectivity index (χ1v) is 6.53. The fourth-order valence-electron chi connectivity index (χ4n) is 2.39. The van der Waals surface area contributed by atoms with Gasteiger partial charge in [-0.1, -0.05) is 0 Å². The molecule has 0 aromatic heterocycles. The highest BCUT2D eigenvalue weighted by Crippen LogP contribution is 2.21. The van der Waals surface area contributed by atoms with Gasteiger partial charge in [0.05, 0.1) is 0 Å². The molecule has 4 amide bonds. The number of ether oxygens (including phenoxy) is 1. The number of rotatable bonds is 4. The van der Waals surface area contributed by atoms with E-state index in [0.29, 0.717) is 0 Å². The van der Waals surface area contributed by atoms with Crippen molar-refractivity contribution in [2.24, 2.45) is 0 Å². The Morgan fingerprint density at radius 3 is 2.43 bits per heavy atom. The van der Waals surface area contributed by atoms with Gasteiger partial charge in [-0.05, 0) is 0 Å². The Balaban J connectivity index is 2.02. The summed E-state index contributed by atoms with van der Waals surface area (Å²) in [5, 5.41) is 11.8. The van der Waals surface area contributed by atoms with Crippen molar-refractivity contribution in [3.8, 4) is 0 Å². The second kappa shape index (κ2) is 5.68. The number of carboxylic acids is 1. The van der Waals surface area contributed by atoms with Gasteiger partial charge in [-0.3, -0.25) is 14.5 Å². The number of nitrogens with zero attached hydrogens (tertiary/aromatic N) is 2. The van der Waals surface area contributed by atoms with Crippen LogP contribution in [0.25, 0.3) is 0 Å². The summed E-state index contributed by atoms with van der Waals surface area (Å²) >= 11 is 0. The maximum Gasteiger partial charge on any atom is 0.329 e. The van der Waals surface area contributed by atoms with Crippen LogP contribution in [0.15, 0.2) is 0 Å². The molecular weight excluding hydrogens is 282 g/mol. The average molecular weight is 299 g/mol. The highest BCUT2D eigenvalue weighted by Gasteiger charge is 2.43. The lowest BCUT2D eigenvalue weighted by molar-refractivity contribution is -0.152. The molecule has 116 valence electrons. The molecule has 2 saturated heterocycles. The van der Waals surface area contributed by atoms with Crippen LogP contribution in [-0.2, 0) is 19.1 Å². The molecule has 0 spiro atoms. The molecule has 2 rings (SSSR count). The highest BCUT2D eigenvalue weighted by molar-refractivity contribution is 6.04. The zero-order valence-electron chi connectivity index (χ0n) is 11.6.